The molecule has 0 radical (unpaired) electrons. The van der Waals surface area contributed by atoms with Crippen molar-refractivity contribution in [1.29, 1.82) is 0 Å². The second-order valence-corrected chi connectivity index (χ2v) is 7.46. The quantitative estimate of drug-likeness (QED) is 0.421. The highest BCUT2D eigenvalue weighted by atomic mass is 32.2. The number of nitrogens with zero attached hydrogens (tertiary/aromatic N) is 1. The van der Waals surface area contributed by atoms with Gasteiger partial charge in [-0.15, -0.1) is 0 Å². The first-order valence-electron chi connectivity index (χ1n) is 8.17. The van der Waals surface area contributed by atoms with Crippen molar-refractivity contribution >= 4 is 40.3 Å². The maximum Gasteiger partial charge on any atom is 0.265 e. The Labute approximate surface area is 162 Å². The van der Waals surface area contributed by atoms with E-state index in [0.717, 1.165) is 11.3 Å². The Morgan fingerprint density at radius 2 is 1.77 bits per heavy atom. The van der Waals surface area contributed by atoms with E-state index < -0.39 is 0 Å². The van der Waals surface area contributed by atoms with Gasteiger partial charge < -0.3 is 9.47 Å². The van der Waals surface area contributed by atoms with Gasteiger partial charge in [0.05, 0.1) is 4.91 Å². The van der Waals surface area contributed by atoms with Crippen LogP contribution < -0.4 is 9.47 Å². The van der Waals surface area contributed by atoms with Crippen molar-refractivity contribution < 1.29 is 14.3 Å². The molecule has 6 heteroatoms. The highest BCUT2D eigenvalue weighted by molar-refractivity contribution is 8.26. The molecule has 1 fully saturated rings. The van der Waals surface area contributed by atoms with Crippen molar-refractivity contribution in [3.63, 3.8) is 0 Å². The number of hydrogen-bond donors (Lipinski definition) is 0. The average molecular weight is 386 g/mol. The predicted molar refractivity (Wildman–Crippen MR) is 110 cm³/mol. The number of carbonyl (C=O) groups is 1. The molecule has 0 aromatic heterocycles. The summed E-state index contributed by atoms with van der Waals surface area (Å²) in [5.74, 6) is 1.44. The van der Waals surface area contributed by atoms with E-state index in [1.165, 1.54) is 22.2 Å². The molecule has 0 aliphatic carbocycles. The number of amides is 1. The fourth-order valence-corrected chi connectivity index (χ4v) is 3.53. The van der Waals surface area contributed by atoms with Gasteiger partial charge in [-0.05, 0) is 31.2 Å². The van der Waals surface area contributed by atoms with Gasteiger partial charge in [-0.25, -0.2) is 0 Å². The van der Waals surface area contributed by atoms with E-state index >= 15 is 0 Å². The SMILES string of the molecule is Cc1ccc(OCCOc2ccccc2/C=C2/SC(=S)N(C)C2=O)cc1. The highest BCUT2D eigenvalue weighted by Gasteiger charge is 2.28. The minimum atomic E-state index is -0.0856. The Morgan fingerprint density at radius 3 is 2.46 bits per heavy atom. The van der Waals surface area contributed by atoms with Crippen LogP contribution in [0, 0.1) is 6.92 Å². The number of thiocarbonyl (C=S) groups is 1. The van der Waals surface area contributed by atoms with Gasteiger partial charge in [0.15, 0.2) is 0 Å². The Bertz CT molecular complexity index is 846. The van der Waals surface area contributed by atoms with Crippen LogP contribution in [0.3, 0.4) is 0 Å². The molecule has 1 aliphatic rings. The molecule has 0 unspecified atom stereocenters. The van der Waals surface area contributed by atoms with Gasteiger partial charge in [-0.1, -0.05) is 59.9 Å². The molecule has 0 saturated carbocycles. The largest absolute Gasteiger partial charge is 0.490 e. The van der Waals surface area contributed by atoms with Crippen molar-refractivity contribution in [2.45, 2.75) is 6.92 Å². The second-order valence-electron chi connectivity index (χ2n) is 5.79. The van der Waals surface area contributed by atoms with Crippen molar-refractivity contribution in [3.05, 3.63) is 64.6 Å². The van der Waals surface area contributed by atoms with Crippen LogP contribution in [0.5, 0.6) is 11.5 Å². The first-order chi connectivity index (χ1) is 12.5. The molecular weight excluding hydrogens is 366 g/mol. The second kappa shape index (κ2) is 8.38. The average Bonchev–Trinajstić information content (AvgIpc) is 2.88. The zero-order valence-electron chi connectivity index (χ0n) is 14.6. The first kappa shape index (κ1) is 18.5. The molecule has 3 rings (SSSR count). The Kier molecular flexibility index (Phi) is 5.96. The van der Waals surface area contributed by atoms with Gasteiger partial charge in [-0.3, -0.25) is 9.69 Å². The van der Waals surface area contributed by atoms with Crippen LogP contribution >= 0.6 is 24.0 Å². The maximum atomic E-state index is 12.2. The summed E-state index contributed by atoms with van der Waals surface area (Å²) >= 11 is 6.47. The number of hydrogen-bond acceptors (Lipinski definition) is 5. The topological polar surface area (TPSA) is 38.8 Å². The van der Waals surface area contributed by atoms with Crippen molar-refractivity contribution in [1.82, 2.24) is 4.90 Å². The molecule has 1 saturated heterocycles. The molecule has 0 bridgehead atoms. The number of aryl methyl sites for hydroxylation is 1. The number of benzene rings is 2. The summed E-state index contributed by atoms with van der Waals surface area (Å²) in [4.78, 5) is 14.2. The standard InChI is InChI=1S/C20H19NO3S2/c1-14-7-9-16(10-8-14)23-11-12-24-17-6-4-3-5-15(17)13-18-19(22)21(2)20(25)26-18/h3-10,13H,11-12H2,1-2H3/b18-13+. The van der Waals surface area contributed by atoms with E-state index in [1.807, 2.05) is 61.5 Å². The third kappa shape index (κ3) is 4.45. The van der Waals surface area contributed by atoms with Gasteiger partial charge in [-0.2, -0.15) is 0 Å². The number of rotatable bonds is 6. The van der Waals surface area contributed by atoms with E-state index in [-0.39, 0.29) is 5.91 Å². The molecule has 0 spiro atoms. The summed E-state index contributed by atoms with van der Waals surface area (Å²) < 4.78 is 12.1. The van der Waals surface area contributed by atoms with E-state index in [0.29, 0.717) is 28.2 Å². The van der Waals surface area contributed by atoms with E-state index in [2.05, 4.69) is 0 Å². The Hall–Kier alpha value is -2.31. The molecule has 2 aromatic rings. The molecule has 0 N–H and O–H groups in total. The lowest BCUT2D eigenvalue weighted by atomic mass is 10.2. The lowest BCUT2D eigenvalue weighted by Crippen LogP contribution is -2.22. The smallest absolute Gasteiger partial charge is 0.265 e. The van der Waals surface area contributed by atoms with Crippen LogP contribution in [0.15, 0.2) is 53.4 Å². The summed E-state index contributed by atoms with van der Waals surface area (Å²) in [6, 6.07) is 15.5. The summed E-state index contributed by atoms with van der Waals surface area (Å²) in [7, 11) is 1.68. The number of carbonyl (C=O) groups excluding carboxylic acids is 1. The van der Waals surface area contributed by atoms with Gasteiger partial charge in [0.2, 0.25) is 0 Å². The zero-order chi connectivity index (χ0) is 18.5. The number of likely N-dealkylation sites (N-methyl/N-ethyl adjacent to an activating group) is 1. The van der Waals surface area contributed by atoms with Crippen molar-refractivity contribution in [2.75, 3.05) is 20.3 Å². The molecule has 1 amide bonds. The number of ether oxygens (including phenoxy) is 2. The third-order valence-electron chi connectivity index (χ3n) is 3.82. The third-order valence-corrected chi connectivity index (χ3v) is 5.31. The van der Waals surface area contributed by atoms with Crippen LogP contribution in [0.25, 0.3) is 6.08 Å². The summed E-state index contributed by atoms with van der Waals surface area (Å²) in [6.45, 7) is 2.89. The lowest BCUT2D eigenvalue weighted by molar-refractivity contribution is -0.121. The molecule has 134 valence electrons. The number of thioether (sulfide) groups is 1. The Balaban J connectivity index is 1.62. The van der Waals surface area contributed by atoms with E-state index in [4.69, 9.17) is 21.7 Å². The van der Waals surface area contributed by atoms with Crippen molar-refractivity contribution in [2.24, 2.45) is 0 Å². The summed E-state index contributed by atoms with van der Waals surface area (Å²) in [5, 5.41) is 0. The lowest BCUT2D eigenvalue weighted by Gasteiger charge is -2.11. The monoisotopic (exact) mass is 385 g/mol. The zero-order valence-corrected chi connectivity index (χ0v) is 16.2. The van der Waals surface area contributed by atoms with Gasteiger partial charge >= 0.3 is 0 Å². The fraction of sp³-hybridized carbons (Fsp3) is 0.200. The van der Waals surface area contributed by atoms with Crippen LogP contribution in [-0.4, -0.2) is 35.4 Å². The fourth-order valence-electron chi connectivity index (χ4n) is 2.36. The molecule has 2 aromatic carbocycles. The van der Waals surface area contributed by atoms with Crippen LogP contribution in [0.1, 0.15) is 11.1 Å². The predicted octanol–water partition coefficient (Wildman–Crippen LogP) is 4.28. The summed E-state index contributed by atoms with van der Waals surface area (Å²) in [5.41, 5.74) is 2.04. The van der Waals surface area contributed by atoms with Crippen LogP contribution in [0.4, 0.5) is 0 Å². The molecule has 0 atom stereocenters. The van der Waals surface area contributed by atoms with Gasteiger partial charge in [0.25, 0.3) is 5.91 Å². The molecule has 1 heterocycles. The molecule has 4 nitrogen and oxygen atoms in total. The Morgan fingerprint density at radius 1 is 1.08 bits per heavy atom. The van der Waals surface area contributed by atoms with E-state index in [1.54, 1.807) is 7.05 Å². The van der Waals surface area contributed by atoms with E-state index in [9.17, 15) is 4.79 Å². The van der Waals surface area contributed by atoms with Crippen molar-refractivity contribution in [3.8, 4) is 11.5 Å². The first-order valence-corrected chi connectivity index (χ1v) is 9.40. The normalized spacial score (nSPS) is 15.6. The number of para-hydroxylation sites is 1. The van der Waals surface area contributed by atoms with Crippen LogP contribution in [0.2, 0.25) is 0 Å². The minimum Gasteiger partial charge on any atom is -0.490 e. The highest BCUT2D eigenvalue weighted by Crippen LogP contribution is 2.33. The molecule has 1 aliphatic heterocycles. The minimum absolute atomic E-state index is 0.0856. The molecule has 26 heavy (non-hydrogen) atoms. The maximum absolute atomic E-state index is 12.2. The molecular formula is C20H19NO3S2. The summed E-state index contributed by atoms with van der Waals surface area (Å²) in [6.07, 6.45) is 1.82. The van der Waals surface area contributed by atoms with Gasteiger partial charge in [0, 0.05) is 12.6 Å². The van der Waals surface area contributed by atoms with Gasteiger partial charge in [0.1, 0.15) is 29.0 Å². The van der Waals surface area contributed by atoms with Crippen LogP contribution in [-0.2, 0) is 4.79 Å².